The van der Waals surface area contributed by atoms with Crippen LogP contribution in [0, 0.1) is 11.8 Å². The maximum Gasteiger partial charge on any atom is 0.309 e. The van der Waals surface area contributed by atoms with Crippen LogP contribution < -0.4 is 5.73 Å². The van der Waals surface area contributed by atoms with E-state index < -0.39 is 0 Å². The van der Waals surface area contributed by atoms with Crippen LogP contribution >= 0.6 is 0 Å². The Morgan fingerprint density at radius 3 is 2.76 bits per heavy atom. The molecule has 0 aromatic rings. The zero-order chi connectivity index (χ0) is 12.7. The summed E-state index contributed by atoms with van der Waals surface area (Å²) in [5.41, 5.74) is 5.84. The van der Waals surface area contributed by atoms with Crippen LogP contribution in [0.25, 0.3) is 0 Å². The molecular formula is C13H25NO3. The Bertz CT molecular complexity index is 231. The van der Waals surface area contributed by atoms with Gasteiger partial charge in [0.2, 0.25) is 0 Å². The first-order valence-electron chi connectivity index (χ1n) is 6.59. The standard InChI is InChI=1S/C13H25NO3/c1-10(2)9-16-6-7-17-13(15)11-4-3-5-12(14)8-11/h10-12H,3-9,14H2,1-2H3. The summed E-state index contributed by atoms with van der Waals surface area (Å²) in [6.07, 6.45) is 3.75. The lowest BCUT2D eigenvalue weighted by Crippen LogP contribution is -2.32. The Morgan fingerprint density at radius 2 is 2.12 bits per heavy atom. The number of rotatable bonds is 6. The van der Waals surface area contributed by atoms with Crippen molar-refractivity contribution in [3.05, 3.63) is 0 Å². The lowest BCUT2D eigenvalue weighted by atomic mass is 9.86. The summed E-state index contributed by atoms with van der Waals surface area (Å²) in [7, 11) is 0. The molecule has 2 N–H and O–H groups in total. The Morgan fingerprint density at radius 1 is 1.35 bits per heavy atom. The minimum absolute atomic E-state index is 0.00356. The average Bonchev–Trinajstić information content (AvgIpc) is 2.28. The van der Waals surface area contributed by atoms with Crippen molar-refractivity contribution in [1.29, 1.82) is 0 Å². The fourth-order valence-electron chi connectivity index (χ4n) is 2.08. The first kappa shape index (κ1) is 14.5. The molecule has 0 aromatic heterocycles. The summed E-state index contributed by atoms with van der Waals surface area (Å²) in [6.45, 7) is 5.75. The van der Waals surface area contributed by atoms with E-state index in [1.54, 1.807) is 0 Å². The highest BCUT2D eigenvalue weighted by Gasteiger charge is 2.26. The number of ether oxygens (including phenoxy) is 2. The van der Waals surface area contributed by atoms with Crippen molar-refractivity contribution in [2.24, 2.45) is 17.6 Å². The van der Waals surface area contributed by atoms with Crippen molar-refractivity contribution in [1.82, 2.24) is 0 Å². The van der Waals surface area contributed by atoms with Crippen molar-refractivity contribution in [3.8, 4) is 0 Å². The van der Waals surface area contributed by atoms with E-state index >= 15 is 0 Å². The van der Waals surface area contributed by atoms with E-state index in [9.17, 15) is 4.79 Å². The molecular weight excluding hydrogens is 218 g/mol. The predicted molar refractivity (Wildman–Crippen MR) is 66.5 cm³/mol. The molecule has 0 bridgehead atoms. The number of hydrogen-bond acceptors (Lipinski definition) is 4. The van der Waals surface area contributed by atoms with E-state index in [0.29, 0.717) is 25.7 Å². The minimum Gasteiger partial charge on any atom is -0.463 e. The Labute approximate surface area is 104 Å². The van der Waals surface area contributed by atoms with Crippen LogP contribution in [0.1, 0.15) is 39.5 Å². The van der Waals surface area contributed by atoms with Crippen LogP contribution in [-0.2, 0) is 14.3 Å². The number of carbonyl (C=O) groups excluding carboxylic acids is 1. The molecule has 1 rings (SSSR count). The average molecular weight is 243 g/mol. The topological polar surface area (TPSA) is 61.5 Å². The second kappa shape index (κ2) is 7.67. The van der Waals surface area contributed by atoms with Gasteiger partial charge in [-0.25, -0.2) is 0 Å². The molecule has 17 heavy (non-hydrogen) atoms. The van der Waals surface area contributed by atoms with Gasteiger partial charge >= 0.3 is 5.97 Å². The first-order chi connectivity index (χ1) is 8.09. The highest BCUT2D eigenvalue weighted by atomic mass is 16.6. The van der Waals surface area contributed by atoms with Crippen molar-refractivity contribution < 1.29 is 14.3 Å². The Hall–Kier alpha value is -0.610. The molecule has 0 radical (unpaired) electrons. The van der Waals surface area contributed by atoms with Gasteiger partial charge in [0.15, 0.2) is 0 Å². The summed E-state index contributed by atoms with van der Waals surface area (Å²) >= 11 is 0. The van der Waals surface area contributed by atoms with E-state index in [1.807, 2.05) is 0 Å². The number of hydrogen-bond donors (Lipinski definition) is 1. The number of nitrogens with two attached hydrogens (primary N) is 1. The molecule has 0 aromatic carbocycles. The maximum atomic E-state index is 11.7. The Kier molecular flexibility index (Phi) is 6.52. The first-order valence-corrected chi connectivity index (χ1v) is 6.59. The summed E-state index contributed by atoms with van der Waals surface area (Å²) in [6, 6.07) is 0.165. The molecule has 0 saturated heterocycles. The van der Waals surface area contributed by atoms with Crippen LogP contribution in [0.2, 0.25) is 0 Å². The lowest BCUT2D eigenvalue weighted by Gasteiger charge is -2.24. The molecule has 2 unspecified atom stereocenters. The van der Waals surface area contributed by atoms with Gasteiger partial charge in [0.25, 0.3) is 0 Å². The molecule has 0 heterocycles. The van der Waals surface area contributed by atoms with Crippen LogP contribution in [-0.4, -0.2) is 31.8 Å². The van der Waals surface area contributed by atoms with Crippen molar-refractivity contribution in [2.45, 2.75) is 45.6 Å². The SMILES string of the molecule is CC(C)COCCOC(=O)C1CCCC(N)C1. The smallest absolute Gasteiger partial charge is 0.309 e. The molecule has 4 nitrogen and oxygen atoms in total. The fourth-order valence-corrected chi connectivity index (χ4v) is 2.08. The van der Waals surface area contributed by atoms with E-state index in [1.165, 1.54) is 0 Å². The van der Waals surface area contributed by atoms with Crippen LogP contribution in [0.4, 0.5) is 0 Å². The van der Waals surface area contributed by atoms with Gasteiger partial charge in [-0.2, -0.15) is 0 Å². The number of carbonyl (C=O) groups is 1. The van der Waals surface area contributed by atoms with Gasteiger partial charge in [-0.15, -0.1) is 0 Å². The van der Waals surface area contributed by atoms with Crippen molar-refractivity contribution in [3.63, 3.8) is 0 Å². The van der Waals surface area contributed by atoms with Crippen LogP contribution in [0.3, 0.4) is 0 Å². The van der Waals surface area contributed by atoms with Gasteiger partial charge in [0, 0.05) is 12.6 Å². The van der Waals surface area contributed by atoms with Gasteiger partial charge in [-0.05, 0) is 25.2 Å². The fraction of sp³-hybridized carbons (Fsp3) is 0.923. The lowest BCUT2D eigenvalue weighted by molar-refractivity contribution is -0.151. The zero-order valence-corrected chi connectivity index (χ0v) is 11.0. The predicted octanol–water partition coefficient (Wildman–Crippen LogP) is 1.72. The highest BCUT2D eigenvalue weighted by Crippen LogP contribution is 2.24. The molecule has 4 heteroatoms. The molecule has 1 aliphatic rings. The molecule has 0 aliphatic heterocycles. The molecule has 1 fully saturated rings. The second-order valence-corrected chi connectivity index (χ2v) is 5.26. The Balaban J connectivity index is 2.08. The highest BCUT2D eigenvalue weighted by molar-refractivity contribution is 5.72. The van der Waals surface area contributed by atoms with E-state index in [0.717, 1.165) is 25.7 Å². The quantitative estimate of drug-likeness (QED) is 0.570. The zero-order valence-electron chi connectivity index (χ0n) is 11.0. The van der Waals surface area contributed by atoms with Gasteiger partial charge in [0.05, 0.1) is 12.5 Å². The third-order valence-corrected chi connectivity index (χ3v) is 2.97. The molecule has 1 saturated carbocycles. The second-order valence-electron chi connectivity index (χ2n) is 5.26. The van der Waals surface area contributed by atoms with Gasteiger partial charge < -0.3 is 15.2 Å². The third kappa shape index (κ3) is 6.03. The van der Waals surface area contributed by atoms with E-state index in [2.05, 4.69) is 13.8 Å². The largest absolute Gasteiger partial charge is 0.463 e. The summed E-state index contributed by atoms with van der Waals surface area (Å²) < 4.78 is 10.5. The van der Waals surface area contributed by atoms with Crippen molar-refractivity contribution in [2.75, 3.05) is 19.8 Å². The van der Waals surface area contributed by atoms with Crippen LogP contribution in [0.15, 0.2) is 0 Å². The maximum absolute atomic E-state index is 11.7. The normalized spacial score (nSPS) is 24.9. The van der Waals surface area contributed by atoms with Gasteiger partial charge in [-0.3, -0.25) is 4.79 Å². The van der Waals surface area contributed by atoms with Gasteiger partial charge in [0.1, 0.15) is 6.61 Å². The molecule has 2 atom stereocenters. The molecule has 100 valence electrons. The number of esters is 1. The summed E-state index contributed by atoms with van der Waals surface area (Å²) in [5.74, 6) is 0.416. The molecule has 1 aliphatic carbocycles. The van der Waals surface area contributed by atoms with Crippen molar-refractivity contribution >= 4 is 5.97 Å². The van der Waals surface area contributed by atoms with E-state index in [-0.39, 0.29) is 17.9 Å². The third-order valence-electron chi connectivity index (χ3n) is 2.97. The minimum atomic E-state index is -0.103. The summed E-state index contributed by atoms with van der Waals surface area (Å²) in [4.78, 5) is 11.7. The molecule has 0 amide bonds. The van der Waals surface area contributed by atoms with Gasteiger partial charge in [-0.1, -0.05) is 20.3 Å². The molecule has 0 spiro atoms. The monoisotopic (exact) mass is 243 g/mol. The van der Waals surface area contributed by atoms with Crippen LogP contribution in [0.5, 0.6) is 0 Å². The van der Waals surface area contributed by atoms with E-state index in [4.69, 9.17) is 15.2 Å². The summed E-state index contributed by atoms with van der Waals surface area (Å²) in [5, 5.41) is 0.